The summed E-state index contributed by atoms with van der Waals surface area (Å²) >= 11 is 0. The minimum Gasteiger partial charge on any atom is -0.310 e. The first-order valence-electron chi connectivity index (χ1n) is 4.06. The molecule has 0 bridgehead atoms. The van der Waals surface area contributed by atoms with Crippen LogP contribution in [0.2, 0.25) is 0 Å². The molecule has 1 heterocycles. The lowest BCUT2D eigenvalue weighted by molar-refractivity contribution is 0.365. The van der Waals surface area contributed by atoms with Crippen LogP contribution in [0.15, 0.2) is 12.1 Å². The fourth-order valence-corrected chi connectivity index (χ4v) is 1.36. The Hall–Kier alpha value is -1.03. The lowest BCUT2D eigenvalue weighted by Gasteiger charge is -2.28. The molecular formula is C9H8F3N. The number of nitrogens with one attached hydrogen (secondary N) is 1. The van der Waals surface area contributed by atoms with Crippen LogP contribution in [-0.4, -0.2) is 6.54 Å². The summed E-state index contributed by atoms with van der Waals surface area (Å²) < 4.78 is 38.3. The van der Waals surface area contributed by atoms with Crippen LogP contribution >= 0.6 is 0 Å². The van der Waals surface area contributed by atoms with E-state index in [4.69, 9.17) is 0 Å². The Kier molecular flexibility index (Phi) is 2.00. The predicted molar refractivity (Wildman–Crippen MR) is 41.7 cm³/mol. The van der Waals surface area contributed by atoms with Crippen molar-refractivity contribution in [1.82, 2.24) is 5.32 Å². The molecule has 70 valence electrons. The van der Waals surface area contributed by atoms with Crippen LogP contribution in [0.5, 0.6) is 0 Å². The van der Waals surface area contributed by atoms with Gasteiger partial charge in [-0.25, -0.2) is 13.2 Å². The maximum Gasteiger partial charge on any atom is 0.161 e. The molecule has 1 N–H and O–H groups in total. The van der Waals surface area contributed by atoms with Crippen molar-refractivity contribution in [1.29, 1.82) is 0 Å². The highest BCUT2D eigenvalue weighted by molar-refractivity contribution is 5.24. The van der Waals surface area contributed by atoms with Crippen LogP contribution in [-0.2, 0) is 0 Å². The van der Waals surface area contributed by atoms with Crippen molar-refractivity contribution in [3.63, 3.8) is 0 Å². The van der Waals surface area contributed by atoms with E-state index >= 15 is 0 Å². The summed E-state index contributed by atoms with van der Waals surface area (Å²) in [6.07, 6.45) is 0.766. The summed E-state index contributed by atoms with van der Waals surface area (Å²) in [4.78, 5) is 0. The molecule has 0 aliphatic carbocycles. The molecule has 1 fully saturated rings. The van der Waals surface area contributed by atoms with E-state index in [2.05, 4.69) is 5.32 Å². The first-order chi connectivity index (χ1) is 6.18. The average Bonchev–Trinajstić information content (AvgIpc) is 1.96. The van der Waals surface area contributed by atoms with Gasteiger partial charge in [0.2, 0.25) is 0 Å². The van der Waals surface area contributed by atoms with Crippen molar-refractivity contribution in [2.45, 2.75) is 12.5 Å². The van der Waals surface area contributed by atoms with Crippen molar-refractivity contribution in [2.24, 2.45) is 0 Å². The average molecular weight is 187 g/mol. The fraction of sp³-hybridized carbons (Fsp3) is 0.333. The monoisotopic (exact) mass is 187 g/mol. The standard InChI is InChI=1S/C9H8F3N/c10-6-4-8(12)7(11)3-5(6)9-1-2-13-9/h3-4,9,13H,1-2H2/t9-/m0/s1. The number of hydrogen-bond acceptors (Lipinski definition) is 1. The third kappa shape index (κ3) is 1.42. The third-order valence-corrected chi connectivity index (χ3v) is 2.24. The van der Waals surface area contributed by atoms with Crippen LogP contribution in [0.4, 0.5) is 13.2 Å². The van der Waals surface area contributed by atoms with Gasteiger partial charge in [0.05, 0.1) is 0 Å². The summed E-state index contributed by atoms with van der Waals surface area (Å²) in [6.45, 7) is 0.795. The van der Waals surface area contributed by atoms with Gasteiger partial charge in [-0.1, -0.05) is 0 Å². The molecule has 1 aromatic rings. The van der Waals surface area contributed by atoms with Crippen molar-refractivity contribution in [3.8, 4) is 0 Å². The molecule has 1 nitrogen and oxygen atoms in total. The Morgan fingerprint density at radius 1 is 1.08 bits per heavy atom. The van der Waals surface area contributed by atoms with Gasteiger partial charge in [0, 0.05) is 17.7 Å². The number of rotatable bonds is 1. The lowest BCUT2D eigenvalue weighted by atomic mass is 9.97. The van der Waals surface area contributed by atoms with Gasteiger partial charge in [-0.2, -0.15) is 0 Å². The van der Waals surface area contributed by atoms with Crippen molar-refractivity contribution in [3.05, 3.63) is 35.1 Å². The summed E-state index contributed by atoms with van der Waals surface area (Å²) in [5, 5.41) is 2.92. The van der Waals surface area contributed by atoms with Gasteiger partial charge in [-0.3, -0.25) is 0 Å². The van der Waals surface area contributed by atoms with Crippen LogP contribution in [0.1, 0.15) is 18.0 Å². The minimum absolute atomic E-state index is 0.157. The molecule has 0 saturated carbocycles. The fourth-order valence-electron chi connectivity index (χ4n) is 1.36. The van der Waals surface area contributed by atoms with E-state index in [9.17, 15) is 13.2 Å². The van der Waals surface area contributed by atoms with E-state index in [1.54, 1.807) is 0 Å². The smallest absolute Gasteiger partial charge is 0.161 e. The molecule has 0 amide bonds. The third-order valence-electron chi connectivity index (χ3n) is 2.24. The second-order valence-electron chi connectivity index (χ2n) is 3.08. The van der Waals surface area contributed by atoms with Gasteiger partial charge in [0.15, 0.2) is 11.6 Å². The topological polar surface area (TPSA) is 12.0 Å². The second kappa shape index (κ2) is 3.03. The van der Waals surface area contributed by atoms with Gasteiger partial charge >= 0.3 is 0 Å². The van der Waals surface area contributed by atoms with E-state index in [1.165, 1.54) is 0 Å². The quantitative estimate of drug-likeness (QED) is 0.664. The zero-order valence-electron chi connectivity index (χ0n) is 6.78. The summed E-state index contributed by atoms with van der Waals surface area (Å²) in [5.74, 6) is -2.82. The highest BCUT2D eigenvalue weighted by atomic mass is 19.2. The Morgan fingerprint density at radius 2 is 1.69 bits per heavy atom. The summed E-state index contributed by atoms with van der Waals surface area (Å²) in [6, 6.07) is 1.35. The van der Waals surface area contributed by atoms with Crippen LogP contribution in [0.25, 0.3) is 0 Å². The molecule has 1 aliphatic rings. The van der Waals surface area contributed by atoms with E-state index in [0.29, 0.717) is 6.07 Å². The molecular weight excluding hydrogens is 179 g/mol. The highest BCUT2D eigenvalue weighted by Gasteiger charge is 2.23. The summed E-state index contributed by atoms with van der Waals surface area (Å²) in [5.41, 5.74) is 0.213. The van der Waals surface area contributed by atoms with Crippen molar-refractivity contribution in [2.75, 3.05) is 6.54 Å². The maximum atomic E-state index is 13.1. The Balaban J connectivity index is 2.39. The first kappa shape index (κ1) is 8.56. The first-order valence-corrected chi connectivity index (χ1v) is 4.06. The van der Waals surface area contributed by atoms with Crippen LogP contribution in [0, 0.1) is 17.5 Å². The molecule has 0 spiro atoms. The zero-order chi connectivity index (χ0) is 9.42. The lowest BCUT2D eigenvalue weighted by Crippen LogP contribution is -2.35. The van der Waals surface area contributed by atoms with E-state index in [0.717, 1.165) is 19.0 Å². The molecule has 0 unspecified atom stereocenters. The minimum atomic E-state index is -1.14. The summed E-state index contributed by atoms with van der Waals surface area (Å²) in [7, 11) is 0. The van der Waals surface area contributed by atoms with E-state index in [1.807, 2.05) is 0 Å². The number of hydrogen-bond donors (Lipinski definition) is 1. The molecule has 1 saturated heterocycles. The van der Waals surface area contributed by atoms with Crippen molar-refractivity contribution < 1.29 is 13.2 Å². The Labute approximate surface area is 73.6 Å². The highest BCUT2D eigenvalue weighted by Crippen LogP contribution is 2.26. The molecule has 0 radical (unpaired) electrons. The molecule has 13 heavy (non-hydrogen) atoms. The van der Waals surface area contributed by atoms with Gasteiger partial charge in [-0.15, -0.1) is 0 Å². The van der Waals surface area contributed by atoms with Gasteiger partial charge in [-0.05, 0) is 19.0 Å². The zero-order valence-corrected chi connectivity index (χ0v) is 6.78. The van der Waals surface area contributed by atoms with Gasteiger partial charge < -0.3 is 5.32 Å². The molecule has 2 rings (SSSR count). The van der Waals surface area contributed by atoms with Gasteiger partial charge in [0.1, 0.15) is 5.82 Å². The van der Waals surface area contributed by atoms with Crippen molar-refractivity contribution >= 4 is 0 Å². The largest absolute Gasteiger partial charge is 0.310 e. The Morgan fingerprint density at radius 3 is 2.23 bits per heavy atom. The Bertz CT molecular complexity index is 334. The second-order valence-corrected chi connectivity index (χ2v) is 3.08. The normalized spacial score (nSPS) is 21.3. The molecule has 1 aromatic carbocycles. The number of halogens is 3. The molecule has 1 atom stereocenters. The molecule has 0 aromatic heterocycles. The van der Waals surface area contributed by atoms with Crippen LogP contribution < -0.4 is 5.32 Å². The maximum absolute atomic E-state index is 13.1. The van der Waals surface area contributed by atoms with E-state index < -0.39 is 17.5 Å². The SMILES string of the molecule is Fc1cc(F)c([C@@H]2CCN2)cc1F. The van der Waals surface area contributed by atoms with E-state index in [-0.39, 0.29) is 11.6 Å². The predicted octanol–water partition coefficient (Wildman–Crippen LogP) is 2.14. The van der Waals surface area contributed by atoms with Crippen LogP contribution in [0.3, 0.4) is 0 Å². The molecule has 1 aliphatic heterocycles. The number of benzene rings is 1. The molecule has 4 heteroatoms. The van der Waals surface area contributed by atoms with Gasteiger partial charge in [0.25, 0.3) is 0 Å².